The molecule has 9 heteroatoms. The summed E-state index contributed by atoms with van der Waals surface area (Å²) in [5.74, 6) is 2.16. The predicted molar refractivity (Wildman–Crippen MR) is 145 cm³/mol. The Balaban J connectivity index is 1.62. The lowest BCUT2D eigenvalue weighted by molar-refractivity contribution is 0.101. The van der Waals surface area contributed by atoms with Crippen LogP contribution >= 0.6 is 0 Å². The summed E-state index contributed by atoms with van der Waals surface area (Å²) in [4.78, 5) is 18.0. The van der Waals surface area contributed by atoms with Crippen molar-refractivity contribution in [3.8, 4) is 40.1 Å². The van der Waals surface area contributed by atoms with E-state index in [9.17, 15) is 4.79 Å². The van der Waals surface area contributed by atoms with Crippen LogP contribution in [0.4, 0.5) is 5.69 Å². The van der Waals surface area contributed by atoms with Gasteiger partial charge in [-0.3, -0.25) is 4.79 Å². The van der Waals surface area contributed by atoms with Gasteiger partial charge in [-0.25, -0.2) is 9.67 Å². The summed E-state index contributed by atoms with van der Waals surface area (Å²) in [5.41, 5.74) is 2.00. The van der Waals surface area contributed by atoms with Crippen LogP contribution in [-0.2, 0) is 0 Å². The van der Waals surface area contributed by atoms with Crippen LogP contribution in [0.3, 0.4) is 0 Å². The molecule has 1 N–H and O–H groups in total. The van der Waals surface area contributed by atoms with Crippen molar-refractivity contribution >= 4 is 22.4 Å². The number of ether oxygens (including phenoxy) is 4. The Morgan fingerprint density at radius 2 is 1.39 bits per heavy atom. The fourth-order valence-corrected chi connectivity index (χ4v) is 4.23. The van der Waals surface area contributed by atoms with Crippen molar-refractivity contribution in [1.82, 2.24) is 14.8 Å². The molecule has 0 atom stereocenters. The van der Waals surface area contributed by atoms with Crippen LogP contribution in [0.25, 0.3) is 27.8 Å². The molecule has 0 aliphatic rings. The van der Waals surface area contributed by atoms with Crippen LogP contribution in [-0.4, -0.2) is 49.1 Å². The number of fused-ring (bicyclic) bond motifs is 1. The zero-order valence-corrected chi connectivity index (χ0v) is 21.4. The average molecular weight is 511 g/mol. The normalized spacial score (nSPS) is 10.7. The second kappa shape index (κ2) is 10.5. The Morgan fingerprint density at radius 1 is 0.737 bits per heavy atom. The van der Waals surface area contributed by atoms with Gasteiger partial charge in [0, 0.05) is 22.7 Å². The van der Waals surface area contributed by atoms with E-state index in [0.29, 0.717) is 40.1 Å². The highest BCUT2D eigenvalue weighted by Gasteiger charge is 2.21. The maximum absolute atomic E-state index is 13.3. The second-order valence-corrected chi connectivity index (χ2v) is 8.26. The third-order valence-corrected chi connectivity index (χ3v) is 6.09. The van der Waals surface area contributed by atoms with Gasteiger partial charge in [-0.05, 0) is 41.8 Å². The van der Waals surface area contributed by atoms with Gasteiger partial charge in [0.25, 0.3) is 5.91 Å². The lowest BCUT2D eigenvalue weighted by Gasteiger charge is -2.12. The molecule has 4 aromatic carbocycles. The van der Waals surface area contributed by atoms with Gasteiger partial charge in [-0.2, -0.15) is 0 Å². The maximum atomic E-state index is 13.3. The van der Waals surface area contributed by atoms with Gasteiger partial charge in [0.05, 0.1) is 34.1 Å². The number of amides is 1. The Morgan fingerprint density at radius 3 is 2.13 bits per heavy atom. The third kappa shape index (κ3) is 4.57. The lowest BCUT2D eigenvalue weighted by atomic mass is 10.1. The zero-order valence-electron chi connectivity index (χ0n) is 21.4. The van der Waals surface area contributed by atoms with Gasteiger partial charge >= 0.3 is 0 Å². The van der Waals surface area contributed by atoms with Crippen LogP contribution in [0, 0.1) is 0 Å². The Kier molecular flexibility index (Phi) is 6.82. The van der Waals surface area contributed by atoms with Crippen LogP contribution in [0.2, 0.25) is 0 Å². The van der Waals surface area contributed by atoms with E-state index in [-0.39, 0.29) is 5.82 Å². The topological polar surface area (TPSA) is 96.7 Å². The van der Waals surface area contributed by atoms with Crippen LogP contribution in [0.5, 0.6) is 23.0 Å². The number of carbonyl (C=O) groups is 1. The fraction of sp³-hybridized carbons (Fsp3) is 0.138. The van der Waals surface area contributed by atoms with Gasteiger partial charge in [0.2, 0.25) is 5.82 Å². The molecule has 0 radical (unpaired) electrons. The number of hydrogen-bond acceptors (Lipinski definition) is 7. The minimum Gasteiger partial charge on any atom is -0.493 e. The van der Waals surface area contributed by atoms with Gasteiger partial charge in [0.15, 0.2) is 28.8 Å². The van der Waals surface area contributed by atoms with E-state index in [1.54, 1.807) is 56.3 Å². The van der Waals surface area contributed by atoms with E-state index in [2.05, 4.69) is 15.4 Å². The molecule has 0 aliphatic carbocycles. The highest BCUT2D eigenvalue weighted by molar-refractivity contribution is 6.02. The maximum Gasteiger partial charge on any atom is 0.295 e. The molecule has 0 spiro atoms. The average Bonchev–Trinajstić information content (AvgIpc) is 3.42. The smallest absolute Gasteiger partial charge is 0.295 e. The SMILES string of the molecule is COc1ccc(NC(=O)c2nc(-c3ccc(OC)c(OC)c3)n(-c3cccc4ccccc34)n2)cc1OC. The summed E-state index contributed by atoms with van der Waals surface area (Å²) in [6.07, 6.45) is 0. The molecular weight excluding hydrogens is 484 g/mol. The number of benzene rings is 4. The van der Waals surface area contributed by atoms with Crippen molar-refractivity contribution in [3.05, 3.63) is 84.7 Å². The number of hydrogen-bond donors (Lipinski definition) is 1. The van der Waals surface area contributed by atoms with Gasteiger partial charge < -0.3 is 24.3 Å². The molecule has 0 unspecified atom stereocenters. The van der Waals surface area contributed by atoms with E-state index >= 15 is 0 Å². The van der Waals surface area contributed by atoms with Crippen molar-refractivity contribution < 1.29 is 23.7 Å². The number of nitrogens with one attached hydrogen (secondary N) is 1. The van der Waals surface area contributed by atoms with E-state index in [4.69, 9.17) is 18.9 Å². The molecule has 5 aromatic rings. The summed E-state index contributed by atoms with van der Waals surface area (Å²) in [7, 11) is 6.23. The largest absolute Gasteiger partial charge is 0.493 e. The lowest BCUT2D eigenvalue weighted by Crippen LogP contribution is -2.14. The Labute approximate surface area is 219 Å². The first-order valence-electron chi connectivity index (χ1n) is 11.8. The summed E-state index contributed by atoms with van der Waals surface area (Å²) >= 11 is 0. The van der Waals surface area contributed by atoms with Crippen molar-refractivity contribution in [1.29, 1.82) is 0 Å². The molecule has 0 saturated heterocycles. The first-order chi connectivity index (χ1) is 18.6. The molecule has 0 saturated carbocycles. The minimum absolute atomic E-state index is 0.00231. The molecule has 192 valence electrons. The standard InChI is InChI=1S/C29H26N4O5/c1-35-23-14-12-19(16-25(23)37-3)28-31-27(29(34)30-20-13-15-24(36-2)26(17-20)38-4)32-33(28)22-11-7-9-18-8-5-6-10-21(18)22/h5-17H,1-4H3,(H,30,34). The van der Waals surface area contributed by atoms with E-state index in [1.807, 2.05) is 48.5 Å². The highest BCUT2D eigenvalue weighted by atomic mass is 16.5. The van der Waals surface area contributed by atoms with E-state index < -0.39 is 5.91 Å². The Hall–Kier alpha value is -5.05. The number of methoxy groups -OCH3 is 4. The summed E-state index contributed by atoms with van der Waals surface area (Å²) in [6, 6.07) is 24.4. The quantitative estimate of drug-likeness (QED) is 0.300. The summed E-state index contributed by atoms with van der Waals surface area (Å²) in [5, 5.41) is 9.49. The van der Waals surface area contributed by atoms with Crippen molar-refractivity contribution in [2.24, 2.45) is 0 Å². The zero-order chi connectivity index (χ0) is 26.6. The van der Waals surface area contributed by atoms with E-state index in [1.165, 1.54) is 7.11 Å². The number of anilines is 1. The van der Waals surface area contributed by atoms with Gasteiger partial charge in [-0.1, -0.05) is 36.4 Å². The minimum atomic E-state index is -0.474. The predicted octanol–water partition coefficient (Wildman–Crippen LogP) is 5.37. The molecule has 0 bridgehead atoms. The molecule has 1 aromatic heterocycles. The first kappa shape index (κ1) is 24.6. The van der Waals surface area contributed by atoms with Crippen molar-refractivity contribution in [2.45, 2.75) is 0 Å². The first-order valence-corrected chi connectivity index (χ1v) is 11.8. The Bertz CT molecular complexity index is 1620. The molecule has 0 fully saturated rings. The third-order valence-electron chi connectivity index (χ3n) is 6.09. The summed E-state index contributed by atoms with van der Waals surface area (Å²) < 4.78 is 23.2. The van der Waals surface area contributed by atoms with E-state index in [0.717, 1.165) is 16.5 Å². The molecule has 5 rings (SSSR count). The van der Waals surface area contributed by atoms with Gasteiger partial charge in [0.1, 0.15) is 0 Å². The van der Waals surface area contributed by atoms with Crippen LogP contribution in [0.15, 0.2) is 78.9 Å². The molecule has 1 heterocycles. The van der Waals surface area contributed by atoms with Crippen molar-refractivity contribution in [2.75, 3.05) is 33.8 Å². The molecule has 1 amide bonds. The highest BCUT2D eigenvalue weighted by Crippen LogP contribution is 2.34. The number of rotatable bonds is 8. The summed E-state index contributed by atoms with van der Waals surface area (Å²) in [6.45, 7) is 0. The van der Waals surface area contributed by atoms with Crippen LogP contribution < -0.4 is 24.3 Å². The number of carbonyl (C=O) groups excluding carboxylic acids is 1. The second-order valence-electron chi connectivity index (χ2n) is 8.26. The molecule has 9 nitrogen and oxygen atoms in total. The molecular formula is C29H26N4O5. The van der Waals surface area contributed by atoms with Crippen LogP contribution in [0.1, 0.15) is 10.6 Å². The van der Waals surface area contributed by atoms with Gasteiger partial charge in [-0.15, -0.1) is 5.10 Å². The molecule has 0 aliphatic heterocycles. The van der Waals surface area contributed by atoms with Crippen molar-refractivity contribution in [3.63, 3.8) is 0 Å². The number of nitrogens with zero attached hydrogens (tertiary/aromatic N) is 3. The number of aromatic nitrogens is 3. The fourth-order valence-electron chi connectivity index (χ4n) is 4.23. The molecule has 38 heavy (non-hydrogen) atoms. The monoisotopic (exact) mass is 510 g/mol.